The average molecular weight is 484 g/mol. The highest BCUT2D eigenvalue weighted by Gasteiger charge is 2.17. The first-order valence-corrected chi connectivity index (χ1v) is 10.0. The lowest BCUT2D eigenvalue weighted by atomic mass is 10.00. The van der Waals surface area contributed by atoms with Gasteiger partial charge in [0.1, 0.15) is 11.6 Å². The molecule has 0 bridgehead atoms. The van der Waals surface area contributed by atoms with Gasteiger partial charge in [-0.1, -0.05) is 44.0 Å². The second-order valence-corrected chi connectivity index (χ2v) is 8.41. The second-order valence-electron chi connectivity index (χ2n) is 6.58. The Labute approximate surface area is 171 Å². The van der Waals surface area contributed by atoms with E-state index in [2.05, 4.69) is 66.8 Å². The zero-order chi connectivity index (χ0) is 18.7. The largest absolute Gasteiger partial charge is 0.327 e. The molecule has 0 aliphatic rings. The zero-order valence-electron chi connectivity index (χ0n) is 14.3. The number of hydrogen-bond acceptors (Lipinski definition) is 1. The topological polar surface area (TPSA) is 17.8 Å². The maximum absolute atomic E-state index is 13.4. The van der Waals surface area contributed by atoms with E-state index in [4.69, 9.17) is 4.98 Å². The highest BCUT2D eigenvalue weighted by molar-refractivity contribution is 9.10. The summed E-state index contributed by atoms with van der Waals surface area (Å²) in [6.07, 6.45) is 0. The van der Waals surface area contributed by atoms with Crippen LogP contribution in [0.4, 0.5) is 4.39 Å². The summed E-state index contributed by atoms with van der Waals surface area (Å²) in [5, 5.41) is 4.56. The Morgan fingerprint density at radius 3 is 2.04 bits per heavy atom. The Morgan fingerprint density at radius 2 is 1.37 bits per heavy atom. The van der Waals surface area contributed by atoms with Gasteiger partial charge in [-0.25, -0.2) is 9.37 Å². The molecule has 0 fully saturated rings. The molecule has 1 aromatic heterocycles. The summed E-state index contributed by atoms with van der Waals surface area (Å²) in [6.45, 7) is 0. The number of nitrogens with zero attached hydrogens (tertiary/aromatic N) is 2. The summed E-state index contributed by atoms with van der Waals surface area (Å²) in [4.78, 5) is 4.96. The van der Waals surface area contributed by atoms with Gasteiger partial charge in [-0.3, -0.25) is 0 Å². The standard InChI is InChI=1S/C22H13Br2FN2/c1-27-21-17-9-5-14(24)11-19(17)18-10-13(23)4-8-16(18)20(21)26-22(27)12-2-6-15(25)7-3-12/h2-11H,1H3. The zero-order valence-corrected chi connectivity index (χ0v) is 17.5. The lowest BCUT2D eigenvalue weighted by Gasteiger charge is -2.09. The molecule has 0 atom stereocenters. The number of benzene rings is 4. The van der Waals surface area contributed by atoms with Gasteiger partial charge in [0.15, 0.2) is 0 Å². The number of rotatable bonds is 1. The smallest absolute Gasteiger partial charge is 0.140 e. The van der Waals surface area contributed by atoms with Crippen molar-refractivity contribution in [2.75, 3.05) is 0 Å². The molecule has 5 aromatic rings. The molecule has 0 aliphatic carbocycles. The Morgan fingerprint density at radius 1 is 0.778 bits per heavy atom. The van der Waals surface area contributed by atoms with Gasteiger partial charge in [0.25, 0.3) is 0 Å². The first-order chi connectivity index (χ1) is 13.0. The van der Waals surface area contributed by atoms with Crippen LogP contribution in [0, 0.1) is 5.82 Å². The quantitative estimate of drug-likeness (QED) is 0.230. The van der Waals surface area contributed by atoms with Crippen molar-refractivity contribution >= 4 is 64.4 Å². The highest BCUT2D eigenvalue weighted by Crippen LogP contribution is 2.38. The number of aryl methyl sites for hydroxylation is 1. The van der Waals surface area contributed by atoms with Gasteiger partial charge < -0.3 is 4.57 Å². The van der Waals surface area contributed by atoms with Crippen molar-refractivity contribution in [1.29, 1.82) is 0 Å². The SMILES string of the molecule is Cn1c(-c2ccc(F)cc2)nc2c3ccc(Br)cc3c3cc(Br)ccc3c21. The Bertz CT molecular complexity index is 1350. The van der Waals surface area contributed by atoms with Crippen LogP contribution in [-0.2, 0) is 7.05 Å². The fourth-order valence-electron chi connectivity index (χ4n) is 3.74. The normalized spacial score (nSPS) is 11.7. The van der Waals surface area contributed by atoms with E-state index in [1.54, 1.807) is 12.1 Å². The molecule has 0 saturated heterocycles. The van der Waals surface area contributed by atoms with Crippen molar-refractivity contribution < 1.29 is 4.39 Å². The van der Waals surface area contributed by atoms with Crippen molar-refractivity contribution in [3.8, 4) is 11.4 Å². The molecule has 2 nitrogen and oxygen atoms in total. The highest BCUT2D eigenvalue weighted by atomic mass is 79.9. The fourth-order valence-corrected chi connectivity index (χ4v) is 4.47. The maximum Gasteiger partial charge on any atom is 0.140 e. The number of fused-ring (bicyclic) bond motifs is 6. The molecule has 1 heterocycles. The maximum atomic E-state index is 13.4. The van der Waals surface area contributed by atoms with Crippen molar-refractivity contribution in [3.63, 3.8) is 0 Å². The van der Waals surface area contributed by atoms with E-state index in [0.717, 1.165) is 47.5 Å². The first-order valence-electron chi connectivity index (χ1n) is 8.46. The molecule has 0 unspecified atom stereocenters. The van der Waals surface area contributed by atoms with Crippen molar-refractivity contribution in [1.82, 2.24) is 9.55 Å². The van der Waals surface area contributed by atoms with Crippen LogP contribution in [0.1, 0.15) is 0 Å². The molecule has 0 N–H and O–H groups in total. The summed E-state index contributed by atoms with van der Waals surface area (Å²) >= 11 is 7.19. The van der Waals surface area contributed by atoms with E-state index in [1.807, 2.05) is 13.1 Å². The van der Waals surface area contributed by atoms with Crippen LogP contribution < -0.4 is 0 Å². The molecular weight excluding hydrogens is 471 g/mol. The molecule has 0 saturated carbocycles. The minimum absolute atomic E-state index is 0.247. The Balaban J connectivity index is 1.99. The molecule has 5 rings (SSSR count). The number of hydrogen-bond donors (Lipinski definition) is 0. The van der Waals surface area contributed by atoms with E-state index in [1.165, 1.54) is 17.5 Å². The van der Waals surface area contributed by atoms with Crippen LogP contribution in [0.2, 0.25) is 0 Å². The molecule has 4 aromatic carbocycles. The van der Waals surface area contributed by atoms with E-state index in [0.29, 0.717) is 0 Å². The van der Waals surface area contributed by atoms with Crippen molar-refractivity contribution in [3.05, 3.63) is 75.4 Å². The molecule has 132 valence electrons. The van der Waals surface area contributed by atoms with E-state index in [9.17, 15) is 4.39 Å². The average Bonchev–Trinajstić information content (AvgIpc) is 3.00. The van der Waals surface area contributed by atoms with Crippen LogP contribution >= 0.6 is 31.9 Å². The predicted molar refractivity (Wildman–Crippen MR) is 117 cm³/mol. The van der Waals surface area contributed by atoms with Crippen molar-refractivity contribution in [2.24, 2.45) is 7.05 Å². The van der Waals surface area contributed by atoms with Gasteiger partial charge in [-0.15, -0.1) is 0 Å². The fraction of sp³-hybridized carbons (Fsp3) is 0.0455. The van der Waals surface area contributed by atoms with Gasteiger partial charge >= 0.3 is 0 Å². The predicted octanol–water partition coefficient (Wildman–Crippen LogP) is 7.21. The van der Waals surface area contributed by atoms with Crippen LogP contribution in [0.5, 0.6) is 0 Å². The third-order valence-corrected chi connectivity index (χ3v) is 5.95. The summed E-state index contributed by atoms with van der Waals surface area (Å²) < 4.78 is 17.5. The van der Waals surface area contributed by atoms with Crippen LogP contribution in [0.25, 0.3) is 44.0 Å². The molecule has 27 heavy (non-hydrogen) atoms. The van der Waals surface area contributed by atoms with Crippen LogP contribution in [0.3, 0.4) is 0 Å². The number of imidazole rings is 1. The lowest BCUT2D eigenvalue weighted by molar-refractivity contribution is 0.628. The molecule has 0 radical (unpaired) electrons. The minimum Gasteiger partial charge on any atom is -0.327 e. The molecule has 5 heteroatoms. The molecular formula is C22H13Br2FN2. The Hall–Kier alpha value is -2.24. The van der Waals surface area contributed by atoms with Crippen LogP contribution in [0.15, 0.2) is 69.6 Å². The van der Waals surface area contributed by atoms with Crippen LogP contribution in [-0.4, -0.2) is 9.55 Å². The summed E-state index contributed by atoms with van der Waals surface area (Å²) in [7, 11) is 2.01. The Kier molecular flexibility index (Phi) is 3.85. The summed E-state index contributed by atoms with van der Waals surface area (Å²) in [6, 6.07) is 19.1. The summed E-state index contributed by atoms with van der Waals surface area (Å²) in [5.41, 5.74) is 2.92. The monoisotopic (exact) mass is 482 g/mol. The number of halogens is 3. The number of aromatic nitrogens is 2. The second kappa shape index (κ2) is 6.14. The van der Waals surface area contributed by atoms with Gasteiger partial charge in [0, 0.05) is 32.3 Å². The van der Waals surface area contributed by atoms with E-state index >= 15 is 0 Å². The molecule has 0 spiro atoms. The van der Waals surface area contributed by atoms with E-state index in [-0.39, 0.29) is 5.82 Å². The third-order valence-electron chi connectivity index (χ3n) is 4.96. The molecule has 0 aliphatic heterocycles. The summed E-state index contributed by atoms with van der Waals surface area (Å²) in [5.74, 6) is 0.577. The van der Waals surface area contributed by atoms with Gasteiger partial charge in [0.05, 0.1) is 11.0 Å². The van der Waals surface area contributed by atoms with Gasteiger partial charge in [0.2, 0.25) is 0 Å². The van der Waals surface area contributed by atoms with E-state index < -0.39 is 0 Å². The van der Waals surface area contributed by atoms with Gasteiger partial charge in [-0.05, 0) is 59.3 Å². The van der Waals surface area contributed by atoms with Gasteiger partial charge in [-0.2, -0.15) is 0 Å². The lowest BCUT2D eigenvalue weighted by Crippen LogP contribution is -1.93. The molecule has 0 amide bonds. The first kappa shape index (κ1) is 16.9. The minimum atomic E-state index is -0.247. The third kappa shape index (κ3) is 2.60. The van der Waals surface area contributed by atoms with Crippen molar-refractivity contribution in [2.45, 2.75) is 0 Å².